The first-order chi connectivity index (χ1) is 12.0. The summed E-state index contributed by atoms with van der Waals surface area (Å²) < 4.78 is 10.2. The Balaban J connectivity index is 1.86. The molecule has 25 heavy (non-hydrogen) atoms. The Bertz CT molecular complexity index is 695. The van der Waals surface area contributed by atoms with Gasteiger partial charge in [0, 0.05) is 17.3 Å². The summed E-state index contributed by atoms with van der Waals surface area (Å²) in [5.74, 6) is -0.424. The Kier molecular flexibility index (Phi) is 5.27. The van der Waals surface area contributed by atoms with Crippen LogP contribution in [0.2, 0.25) is 0 Å². The Hall–Kier alpha value is -2.09. The van der Waals surface area contributed by atoms with Crippen molar-refractivity contribution < 1.29 is 23.9 Å². The average Bonchev–Trinajstić information content (AvgIpc) is 3.36. The van der Waals surface area contributed by atoms with Gasteiger partial charge < -0.3 is 19.7 Å². The van der Waals surface area contributed by atoms with Crippen molar-refractivity contribution in [1.82, 2.24) is 4.90 Å². The zero-order valence-corrected chi connectivity index (χ0v) is 15.2. The highest BCUT2D eigenvalue weighted by atomic mass is 32.1. The van der Waals surface area contributed by atoms with Crippen LogP contribution in [0.3, 0.4) is 0 Å². The van der Waals surface area contributed by atoms with E-state index < -0.39 is 5.97 Å². The number of fused-ring (bicyclic) bond motifs is 1. The van der Waals surface area contributed by atoms with Crippen molar-refractivity contribution >= 4 is 34.3 Å². The van der Waals surface area contributed by atoms with Gasteiger partial charge in [0.05, 0.1) is 25.3 Å². The van der Waals surface area contributed by atoms with Crippen molar-refractivity contribution in [2.75, 3.05) is 25.1 Å². The van der Waals surface area contributed by atoms with E-state index in [9.17, 15) is 14.4 Å². The Labute approximate surface area is 150 Å². The lowest BCUT2D eigenvalue weighted by molar-refractivity contribution is -0.117. The number of nitrogens with zero attached hydrogens (tertiary/aromatic N) is 1. The van der Waals surface area contributed by atoms with Gasteiger partial charge in [-0.15, -0.1) is 11.3 Å². The maximum atomic E-state index is 12.4. The van der Waals surface area contributed by atoms with Gasteiger partial charge in [0.1, 0.15) is 5.00 Å². The minimum absolute atomic E-state index is 0.0465. The van der Waals surface area contributed by atoms with E-state index in [0.29, 0.717) is 36.7 Å². The fourth-order valence-corrected chi connectivity index (χ4v) is 4.10. The molecule has 1 N–H and O–H groups in total. The van der Waals surface area contributed by atoms with E-state index in [4.69, 9.17) is 9.47 Å². The molecule has 0 unspecified atom stereocenters. The molecule has 1 aliphatic carbocycles. The second-order valence-electron chi connectivity index (χ2n) is 6.06. The monoisotopic (exact) mass is 366 g/mol. The Morgan fingerprint density at radius 3 is 2.56 bits per heavy atom. The number of amides is 2. The fraction of sp³-hybridized carbons (Fsp3) is 0.588. The predicted octanol–water partition coefficient (Wildman–Crippen LogP) is 2.79. The lowest BCUT2D eigenvalue weighted by atomic mass is 10.0. The zero-order chi connectivity index (χ0) is 18.0. The third-order valence-electron chi connectivity index (χ3n) is 4.25. The second-order valence-corrected chi connectivity index (χ2v) is 7.17. The minimum atomic E-state index is -0.421. The number of hydrogen-bond donors (Lipinski definition) is 1. The van der Waals surface area contributed by atoms with Crippen molar-refractivity contribution in [1.29, 1.82) is 0 Å². The van der Waals surface area contributed by atoms with Crippen LogP contribution in [0.15, 0.2) is 0 Å². The zero-order valence-electron chi connectivity index (χ0n) is 14.4. The SMILES string of the molecule is CCOC(=O)c1c(NC(=O)C2CC2)sc2c1CCN(C(=O)OCC)C2. The van der Waals surface area contributed by atoms with Crippen molar-refractivity contribution in [3.63, 3.8) is 0 Å². The smallest absolute Gasteiger partial charge is 0.410 e. The topological polar surface area (TPSA) is 84.9 Å². The van der Waals surface area contributed by atoms with Crippen LogP contribution in [0.25, 0.3) is 0 Å². The second kappa shape index (κ2) is 7.43. The number of nitrogens with one attached hydrogen (secondary N) is 1. The molecule has 0 atom stereocenters. The molecule has 0 saturated heterocycles. The molecule has 0 aromatic carbocycles. The molecule has 7 nitrogen and oxygen atoms in total. The molecule has 3 rings (SSSR count). The van der Waals surface area contributed by atoms with Crippen LogP contribution in [-0.4, -0.2) is 42.6 Å². The Morgan fingerprint density at radius 2 is 1.92 bits per heavy atom. The quantitative estimate of drug-likeness (QED) is 0.810. The number of rotatable bonds is 5. The van der Waals surface area contributed by atoms with Crippen LogP contribution in [-0.2, 0) is 27.2 Å². The normalized spacial score (nSPS) is 16.2. The molecule has 136 valence electrons. The summed E-state index contributed by atoms with van der Waals surface area (Å²) in [6, 6.07) is 0. The molecule has 2 aliphatic rings. The molecule has 1 saturated carbocycles. The van der Waals surface area contributed by atoms with Crippen LogP contribution in [0.1, 0.15) is 47.5 Å². The molecule has 1 fully saturated rings. The van der Waals surface area contributed by atoms with E-state index in [0.717, 1.165) is 23.3 Å². The molecular formula is C17H22N2O5S. The number of anilines is 1. The number of carbonyl (C=O) groups excluding carboxylic acids is 3. The van der Waals surface area contributed by atoms with Crippen LogP contribution in [0.4, 0.5) is 9.80 Å². The lowest BCUT2D eigenvalue weighted by Gasteiger charge is -2.26. The highest BCUT2D eigenvalue weighted by molar-refractivity contribution is 7.17. The average molecular weight is 366 g/mol. The molecule has 0 bridgehead atoms. The maximum absolute atomic E-state index is 12.4. The molecule has 0 radical (unpaired) electrons. The van der Waals surface area contributed by atoms with Crippen molar-refractivity contribution in [3.8, 4) is 0 Å². The number of ether oxygens (including phenoxy) is 2. The molecule has 0 spiro atoms. The van der Waals surface area contributed by atoms with Crippen molar-refractivity contribution in [2.45, 2.75) is 39.7 Å². The van der Waals surface area contributed by atoms with Gasteiger partial charge >= 0.3 is 12.1 Å². The maximum Gasteiger partial charge on any atom is 0.410 e. The largest absolute Gasteiger partial charge is 0.462 e. The van der Waals surface area contributed by atoms with E-state index in [1.54, 1.807) is 18.7 Å². The lowest BCUT2D eigenvalue weighted by Crippen LogP contribution is -2.36. The molecule has 1 aliphatic heterocycles. The summed E-state index contributed by atoms with van der Waals surface area (Å²) in [5, 5.41) is 3.42. The number of carbonyl (C=O) groups is 3. The minimum Gasteiger partial charge on any atom is -0.462 e. The van der Waals surface area contributed by atoms with Gasteiger partial charge in [-0.3, -0.25) is 4.79 Å². The van der Waals surface area contributed by atoms with Gasteiger partial charge in [0.25, 0.3) is 0 Å². The third-order valence-corrected chi connectivity index (χ3v) is 5.38. The molecule has 1 aromatic heterocycles. The van der Waals surface area contributed by atoms with E-state index in [2.05, 4.69) is 5.32 Å². The summed E-state index contributed by atoms with van der Waals surface area (Å²) in [4.78, 5) is 39.0. The van der Waals surface area contributed by atoms with E-state index >= 15 is 0 Å². The van der Waals surface area contributed by atoms with Crippen molar-refractivity contribution in [2.24, 2.45) is 5.92 Å². The third kappa shape index (κ3) is 3.78. The first-order valence-electron chi connectivity index (χ1n) is 8.59. The molecule has 2 heterocycles. The highest BCUT2D eigenvalue weighted by Crippen LogP contribution is 2.39. The van der Waals surface area contributed by atoms with Gasteiger partial charge in [0.2, 0.25) is 5.91 Å². The van der Waals surface area contributed by atoms with Gasteiger partial charge in [-0.05, 0) is 38.7 Å². The highest BCUT2D eigenvalue weighted by Gasteiger charge is 2.34. The van der Waals surface area contributed by atoms with Crippen molar-refractivity contribution in [3.05, 3.63) is 16.0 Å². The van der Waals surface area contributed by atoms with Crippen LogP contribution < -0.4 is 5.32 Å². The summed E-state index contributed by atoms with van der Waals surface area (Å²) in [5.41, 5.74) is 1.31. The standard InChI is InChI=1S/C17H22N2O5S/c1-3-23-16(21)13-11-7-8-19(17(22)24-4-2)9-12(11)25-15(13)18-14(20)10-5-6-10/h10H,3-9H2,1-2H3,(H,18,20). The molecule has 2 amide bonds. The summed E-state index contributed by atoms with van der Waals surface area (Å²) in [7, 11) is 0. The molecule has 8 heteroatoms. The Morgan fingerprint density at radius 1 is 1.20 bits per heavy atom. The van der Waals surface area contributed by atoms with Gasteiger partial charge in [-0.2, -0.15) is 0 Å². The van der Waals surface area contributed by atoms with E-state index in [-0.39, 0.29) is 24.5 Å². The van der Waals surface area contributed by atoms with Crippen LogP contribution in [0.5, 0.6) is 0 Å². The van der Waals surface area contributed by atoms with E-state index in [1.165, 1.54) is 11.3 Å². The van der Waals surface area contributed by atoms with Gasteiger partial charge in [0.15, 0.2) is 0 Å². The number of esters is 1. The summed E-state index contributed by atoms with van der Waals surface area (Å²) >= 11 is 1.35. The fourth-order valence-electron chi connectivity index (χ4n) is 2.84. The van der Waals surface area contributed by atoms with Crippen LogP contribution in [0, 0.1) is 5.92 Å². The predicted molar refractivity (Wildman–Crippen MR) is 92.8 cm³/mol. The van der Waals surface area contributed by atoms with Gasteiger partial charge in [-0.1, -0.05) is 0 Å². The molecule has 1 aromatic rings. The first-order valence-corrected chi connectivity index (χ1v) is 9.41. The van der Waals surface area contributed by atoms with Crippen LogP contribution >= 0.6 is 11.3 Å². The first kappa shape index (κ1) is 17.7. The summed E-state index contributed by atoms with van der Waals surface area (Å²) in [6.45, 7) is 4.97. The number of hydrogen-bond acceptors (Lipinski definition) is 6. The number of thiophene rings is 1. The van der Waals surface area contributed by atoms with E-state index in [1.807, 2.05) is 0 Å². The molecular weight excluding hydrogens is 344 g/mol. The van der Waals surface area contributed by atoms with Gasteiger partial charge in [-0.25, -0.2) is 9.59 Å². The summed E-state index contributed by atoms with van der Waals surface area (Å²) in [6.07, 6.45) is 1.96.